The Kier molecular flexibility index (Phi) is 5.31. The average molecular weight is 436 g/mol. The molecule has 0 aliphatic heterocycles. The van der Waals surface area contributed by atoms with Crippen molar-refractivity contribution in [1.82, 2.24) is 24.9 Å². The third kappa shape index (κ3) is 4.25. The van der Waals surface area contributed by atoms with Crippen molar-refractivity contribution < 1.29 is 8.91 Å². The van der Waals surface area contributed by atoms with Gasteiger partial charge >= 0.3 is 0 Å². The van der Waals surface area contributed by atoms with E-state index in [-0.39, 0.29) is 11.1 Å². The first-order valence-electron chi connectivity index (χ1n) is 10.3. The van der Waals surface area contributed by atoms with Crippen LogP contribution in [0.5, 0.6) is 0 Å². The van der Waals surface area contributed by atoms with Crippen LogP contribution in [-0.2, 0) is 6.54 Å². The van der Waals surface area contributed by atoms with Gasteiger partial charge in [-0.1, -0.05) is 34.6 Å². The molecule has 0 N–H and O–H groups in total. The van der Waals surface area contributed by atoms with Crippen molar-refractivity contribution in [1.29, 1.82) is 0 Å². The fraction of sp³-hybridized carbons (Fsp3) is 0.304. The first-order valence-corrected chi connectivity index (χ1v) is 11.2. The molecule has 8 heteroatoms. The Morgan fingerprint density at radius 1 is 1.19 bits per heavy atom. The van der Waals surface area contributed by atoms with Crippen LogP contribution in [0.2, 0.25) is 0 Å². The van der Waals surface area contributed by atoms with Gasteiger partial charge in [0.05, 0.1) is 16.5 Å². The Balaban J connectivity index is 1.41. The molecule has 31 heavy (non-hydrogen) atoms. The van der Waals surface area contributed by atoms with Crippen molar-refractivity contribution in [3.8, 4) is 22.8 Å². The number of benzene rings is 1. The minimum atomic E-state index is -0.321. The predicted molar refractivity (Wildman–Crippen MR) is 117 cm³/mol. The molecule has 6 nitrogen and oxygen atoms in total. The maximum Gasteiger partial charge on any atom is 0.192 e. The molecule has 3 heterocycles. The molecule has 0 radical (unpaired) electrons. The monoisotopic (exact) mass is 435 g/mol. The minimum Gasteiger partial charge on any atom is -0.356 e. The molecule has 1 aliphatic carbocycles. The Hall–Kier alpha value is -3.00. The van der Waals surface area contributed by atoms with Crippen molar-refractivity contribution in [2.24, 2.45) is 5.92 Å². The lowest BCUT2D eigenvalue weighted by Crippen LogP contribution is -2.05. The number of thioether (sulfide) groups is 1. The fourth-order valence-electron chi connectivity index (χ4n) is 3.44. The zero-order valence-corrected chi connectivity index (χ0v) is 18.1. The van der Waals surface area contributed by atoms with Gasteiger partial charge in [0, 0.05) is 18.8 Å². The lowest BCUT2D eigenvalue weighted by molar-refractivity contribution is 0.421. The lowest BCUT2D eigenvalue weighted by atomic mass is 10.1. The lowest BCUT2D eigenvalue weighted by Gasteiger charge is -2.11. The van der Waals surface area contributed by atoms with Gasteiger partial charge in [-0.3, -0.25) is 4.98 Å². The van der Waals surface area contributed by atoms with Gasteiger partial charge < -0.3 is 9.09 Å². The van der Waals surface area contributed by atoms with Gasteiger partial charge in [0.15, 0.2) is 16.7 Å². The Morgan fingerprint density at radius 2 is 2.06 bits per heavy atom. The molecule has 0 amide bonds. The molecule has 0 saturated heterocycles. The second kappa shape index (κ2) is 8.26. The van der Waals surface area contributed by atoms with E-state index in [1.54, 1.807) is 36.2 Å². The summed E-state index contributed by atoms with van der Waals surface area (Å²) < 4.78 is 21.9. The van der Waals surface area contributed by atoms with Crippen LogP contribution in [0, 0.1) is 18.7 Å². The van der Waals surface area contributed by atoms with Crippen molar-refractivity contribution in [2.75, 3.05) is 0 Å². The number of aromatic nitrogens is 5. The van der Waals surface area contributed by atoms with E-state index in [1.807, 2.05) is 32.0 Å². The van der Waals surface area contributed by atoms with Crippen molar-refractivity contribution >= 4 is 11.8 Å². The van der Waals surface area contributed by atoms with E-state index in [1.165, 1.54) is 18.9 Å². The summed E-state index contributed by atoms with van der Waals surface area (Å²) >= 11 is 1.57. The largest absolute Gasteiger partial charge is 0.356 e. The second-order valence-corrected chi connectivity index (χ2v) is 9.24. The molecule has 5 rings (SSSR count). The highest BCUT2D eigenvalue weighted by atomic mass is 32.2. The SMILES string of the molecule is Cc1ccc(F)c(-c2cc(C(C)Sc3nnc(-c4ccccn4)n3CC3CC3)no2)c1. The smallest absolute Gasteiger partial charge is 0.192 e. The van der Waals surface area contributed by atoms with Crippen molar-refractivity contribution in [2.45, 2.75) is 43.6 Å². The maximum absolute atomic E-state index is 14.2. The highest BCUT2D eigenvalue weighted by Crippen LogP contribution is 2.39. The quantitative estimate of drug-likeness (QED) is 0.347. The molecule has 1 unspecified atom stereocenters. The summed E-state index contributed by atoms with van der Waals surface area (Å²) in [6.07, 6.45) is 4.23. The van der Waals surface area contributed by atoms with E-state index in [9.17, 15) is 4.39 Å². The zero-order valence-electron chi connectivity index (χ0n) is 17.3. The van der Waals surface area contributed by atoms with E-state index < -0.39 is 0 Å². The van der Waals surface area contributed by atoms with Gasteiger partial charge in [-0.15, -0.1) is 10.2 Å². The van der Waals surface area contributed by atoms with Crippen LogP contribution in [0.4, 0.5) is 4.39 Å². The summed E-state index contributed by atoms with van der Waals surface area (Å²) in [4.78, 5) is 4.44. The topological polar surface area (TPSA) is 69.6 Å². The van der Waals surface area contributed by atoms with Gasteiger partial charge in [0.2, 0.25) is 0 Å². The molecular formula is C23H22FN5OS. The van der Waals surface area contributed by atoms with Crippen LogP contribution in [0.15, 0.2) is 58.3 Å². The van der Waals surface area contributed by atoms with Crippen LogP contribution in [0.3, 0.4) is 0 Å². The highest BCUT2D eigenvalue weighted by Gasteiger charge is 2.27. The van der Waals surface area contributed by atoms with Gasteiger partial charge in [-0.25, -0.2) is 4.39 Å². The summed E-state index contributed by atoms with van der Waals surface area (Å²) in [5.74, 6) is 1.55. The van der Waals surface area contributed by atoms with Crippen LogP contribution >= 0.6 is 11.8 Å². The standard InChI is InChI=1S/C23H22FN5OS/c1-14-6-9-18(24)17(11-14)21-12-20(28-30-21)15(2)31-23-27-26-22(19-5-3-4-10-25-19)29(23)13-16-7-8-16/h3-6,9-12,15-16H,7-8,13H2,1-2H3. The third-order valence-corrected chi connectivity index (χ3v) is 6.47. The summed E-state index contributed by atoms with van der Waals surface area (Å²) in [7, 11) is 0. The van der Waals surface area contributed by atoms with E-state index in [0.717, 1.165) is 34.5 Å². The molecule has 1 saturated carbocycles. The normalized spacial score (nSPS) is 14.7. The van der Waals surface area contributed by atoms with Gasteiger partial charge in [0.25, 0.3) is 0 Å². The molecule has 0 bridgehead atoms. The molecule has 4 aromatic rings. The van der Waals surface area contributed by atoms with Crippen LogP contribution in [-0.4, -0.2) is 24.9 Å². The Bertz CT molecular complexity index is 1200. The van der Waals surface area contributed by atoms with Gasteiger partial charge in [-0.05, 0) is 56.9 Å². The predicted octanol–water partition coefficient (Wildman–Crippen LogP) is 5.71. The first-order chi connectivity index (χ1) is 15.1. The zero-order chi connectivity index (χ0) is 21.4. The summed E-state index contributed by atoms with van der Waals surface area (Å²) in [6.45, 7) is 4.84. The van der Waals surface area contributed by atoms with E-state index >= 15 is 0 Å². The number of rotatable bonds is 7. The van der Waals surface area contributed by atoms with E-state index in [2.05, 4.69) is 24.9 Å². The number of hydrogen-bond donors (Lipinski definition) is 0. The Labute approximate surface area is 183 Å². The van der Waals surface area contributed by atoms with E-state index in [0.29, 0.717) is 17.2 Å². The average Bonchev–Trinajstić information content (AvgIpc) is 3.31. The molecule has 158 valence electrons. The first kappa shape index (κ1) is 19.9. The Morgan fingerprint density at radius 3 is 2.84 bits per heavy atom. The molecule has 3 aromatic heterocycles. The molecule has 1 atom stereocenters. The minimum absolute atomic E-state index is 0.0379. The van der Waals surface area contributed by atoms with Crippen LogP contribution in [0.25, 0.3) is 22.8 Å². The molecule has 1 aliphatic rings. The van der Waals surface area contributed by atoms with Gasteiger partial charge in [-0.2, -0.15) is 0 Å². The molecule has 1 fully saturated rings. The maximum atomic E-state index is 14.2. The van der Waals surface area contributed by atoms with Gasteiger partial charge in [0.1, 0.15) is 11.5 Å². The number of hydrogen-bond acceptors (Lipinski definition) is 6. The second-order valence-electron chi connectivity index (χ2n) is 7.93. The molecule has 1 aromatic carbocycles. The fourth-order valence-corrected chi connectivity index (χ4v) is 4.36. The summed E-state index contributed by atoms with van der Waals surface area (Å²) in [6, 6.07) is 12.5. The van der Waals surface area contributed by atoms with E-state index in [4.69, 9.17) is 4.52 Å². The molecular weight excluding hydrogens is 413 g/mol. The third-order valence-electron chi connectivity index (χ3n) is 5.36. The number of aryl methyl sites for hydroxylation is 1. The van der Waals surface area contributed by atoms with Crippen LogP contribution < -0.4 is 0 Å². The van der Waals surface area contributed by atoms with Crippen LogP contribution in [0.1, 0.15) is 36.3 Å². The number of halogens is 1. The highest BCUT2D eigenvalue weighted by molar-refractivity contribution is 7.99. The van der Waals surface area contributed by atoms with Crippen molar-refractivity contribution in [3.05, 3.63) is 65.7 Å². The number of nitrogens with zero attached hydrogens (tertiary/aromatic N) is 5. The summed E-state index contributed by atoms with van der Waals surface area (Å²) in [5.41, 5.74) is 2.94. The molecule has 0 spiro atoms. The summed E-state index contributed by atoms with van der Waals surface area (Å²) in [5, 5.41) is 13.9. The number of pyridine rings is 1. The van der Waals surface area contributed by atoms with Crippen molar-refractivity contribution in [3.63, 3.8) is 0 Å².